The molecule has 0 saturated heterocycles. The van der Waals surface area contributed by atoms with E-state index in [9.17, 15) is 4.79 Å². The van der Waals surface area contributed by atoms with Crippen LogP contribution in [0.25, 0.3) is 0 Å². The number of benzene rings is 1. The van der Waals surface area contributed by atoms with Crippen LogP contribution in [0.4, 0.5) is 0 Å². The summed E-state index contributed by atoms with van der Waals surface area (Å²) in [6, 6.07) is 10.2. The summed E-state index contributed by atoms with van der Waals surface area (Å²) >= 11 is 0. The Morgan fingerprint density at radius 2 is 2.06 bits per heavy atom. The molecule has 1 rings (SSSR count). The van der Waals surface area contributed by atoms with Gasteiger partial charge in [-0.05, 0) is 12.0 Å². The quantitative estimate of drug-likeness (QED) is 0.561. The van der Waals surface area contributed by atoms with Crippen LogP contribution in [0, 0.1) is 5.92 Å². The Balaban J connectivity index is 2.59. The van der Waals surface area contributed by atoms with E-state index in [4.69, 9.17) is 4.74 Å². The molecule has 0 bridgehead atoms. The van der Waals surface area contributed by atoms with Gasteiger partial charge in [-0.1, -0.05) is 49.9 Å². The Morgan fingerprint density at radius 3 is 2.56 bits per heavy atom. The standard InChI is InChI=1S/C14H18O2/c1-4-14(16-12(3)15)11(2)10-13-8-6-5-7-9-13/h4-9,11,14H,1,10H2,2-3H3/t11-,14-/m1/s1. The number of rotatable bonds is 5. The molecule has 1 aromatic rings. The fourth-order valence-corrected chi connectivity index (χ4v) is 1.69. The first-order valence-electron chi connectivity index (χ1n) is 5.47. The Hall–Kier alpha value is -1.57. The molecule has 0 aliphatic heterocycles. The van der Waals surface area contributed by atoms with Crippen LogP contribution in [0.15, 0.2) is 43.0 Å². The molecule has 86 valence electrons. The van der Waals surface area contributed by atoms with Crippen LogP contribution < -0.4 is 0 Å². The highest BCUT2D eigenvalue weighted by Crippen LogP contribution is 2.15. The molecule has 16 heavy (non-hydrogen) atoms. The van der Waals surface area contributed by atoms with Gasteiger partial charge in [-0.15, -0.1) is 0 Å². The van der Waals surface area contributed by atoms with Crippen molar-refractivity contribution < 1.29 is 9.53 Å². The van der Waals surface area contributed by atoms with E-state index in [2.05, 4.69) is 25.6 Å². The number of hydrogen-bond donors (Lipinski definition) is 0. The molecule has 1 aromatic carbocycles. The molecule has 0 aliphatic carbocycles. The van der Waals surface area contributed by atoms with Crippen molar-refractivity contribution in [1.82, 2.24) is 0 Å². The smallest absolute Gasteiger partial charge is 0.303 e. The molecule has 0 unspecified atom stereocenters. The first kappa shape index (κ1) is 12.5. The van der Waals surface area contributed by atoms with E-state index in [0.29, 0.717) is 0 Å². The molecule has 2 atom stereocenters. The number of ether oxygens (including phenoxy) is 1. The van der Waals surface area contributed by atoms with Crippen molar-refractivity contribution >= 4 is 5.97 Å². The predicted molar refractivity (Wildman–Crippen MR) is 65.1 cm³/mol. The lowest BCUT2D eigenvalue weighted by Crippen LogP contribution is -2.23. The molecular formula is C14H18O2. The highest BCUT2D eigenvalue weighted by molar-refractivity contribution is 5.66. The van der Waals surface area contributed by atoms with E-state index in [-0.39, 0.29) is 18.0 Å². The van der Waals surface area contributed by atoms with Crippen molar-refractivity contribution in [3.05, 3.63) is 48.6 Å². The van der Waals surface area contributed by atoms with Crippen molar-refractivity contribution in [2.24, 2.45) is 5.92 Å². The third kappa shape index (κ3) is 3.89. The third-order valence-corrected chi connectivity index (χ3v) is 2.50. The van der Waals surface area contributed by atoms with Crippen LogP contribution in [-0.2, 0) is 16.0 Å². The fourth-order valence-electron chi connectivity index (χ4n) is 1.69. The number of hydrogen-bond acceptors (Lipinski definition) is 2. The van der Waals surface area contributed by atoms with E-state index in [1.807, 2.05) is 18.2 Å². The number of carbonyl (C=O) groups excluding carboxylic acids is 1. The van der Waals surface area contributed by atoms with Gasteiger partial charge in [0, 0.05) is 12.8 Å². The van der Waals surface area contributed by atoms with E-state index in [0.717, 1.165) is 6.42 Å². The largest absolute Gasteiger partial charge is 0.458 e. The molecule has 0 saturated carbocycles. The lowest BCUT2D eigenvalue weighted by molar-refractivity contribution is -0.146. The Morgan fingerprint density at radius 1 is 1.44 bits per heavy atom. The summed E-state index contributed by atoms with van der Waals surface area (Å²) in [5.74, 6) is -0.0198. The van der Waals surface area contributed by atoms with Crippen LogP contribution in [0.5, 0.6) is 0 Å². The van der Waals surface area contributed by atoms with Crippen molar-refractivity contribution in [3.63, 3.8) is 0 Å². The Labute approximate surface area is 96.9 Å². The Kier molecular flexibility index (Phi) is 4.77. The summed E-state index contributed by atoms with van der Waals surface area (Å²) in [4.78, 5) is 10.9. The van der Waals surface area contributed by atoms with E-state index >= 15 is 0 Å². The zero-order valence-electron chi connectivity index (χ0n) is 9.85. The van der Waals surface area contributed by atoms with Gasteiger partial charge in [0.2, 0.25) is 0 Å². The lowest BCUT2D eigenvalue weighted by Gasteiger charge is -2.20. The fraction of sp³-hybridized carbons (Fsp3) is 0.357. The zero-order chi connectivity index (χ0) is 12.0. The second kappa shape index (κ2) is 6.11. The van der Waals surface area contributed by atoms with Gasteiger partial charge >= 0.3 is 5.97 Å². The monoisotopic (exact) mass is 218 g/mol. The maximum Gasteiger partial charge on any atom is 0.303 e. The highest BCUT2D eigenvalue weighted by Gasteiger charge is 2.16. The minimum atomic E-state index is -0.259. The normalized spacial score (nSPS) is 13.9. The predicted octanol–water partition coefficient (Wildman–Crippen LogP) is 2.98. The van der Waals surface area contributed by atoms with Gasteiger partial charge in [-0.2, -0.15) is 0 Å². The molecule has 0 aliphatic rings. The van der Waals surface area contributed by atoms with Gasteiger partial charge in [0.15, 0.2) is 0 Å². The molecule has 0 aromatic heterocycles. The lowest BCUT2D eigenvalue weighted by atomic mass is 9.96. The minimum Gasteiger partial charge on any atom is -0.458 e. The average molecular weight is 218 g/mol. The van der Waals surface area contributed by atoms with Crippen LogP contribution in [0.1, 0.15) is 19.4 Å². The molecule has 0 amide bonds. The summed E-state index contributed by atoms with van der Waals surface area (Å²) in [5.41, 5.74) is 1.24. The van der Waals surface area contributed by atoms with Crippen molar-refractivity contribution in [1.29, 1.82) is 0 Å². The van der Waals surface area contributed by atoms with E-state index in [1.165, 1.54) is 12.5 Å². The molecule has 0 N–H and O–H groups in total. The summed E-state index contributed by atoms with van der Waals surface area (Å²) in [6.07, 6.45) is 2.36. The molecular weight excluding hydrogens is 200 g/mol. The molecule has 2 heteroatoms. The highest BCUT2D eigenvalue weighted by atomic mass is 16.5. The number of carbonyl (C=O) groups is 1. The maximum absolute atomic E-state index is 10.9. The van der Waals surface area contributed by atoms with Crippen LogP contribution >= 0.6 is 0 Å². The summed E-state index contributed by atoms with van der Waals surface area (Å²) in [5, 5.41) is 0. The maximum atomic E-state index is 10.9. The van der Waals surface area contributed by atoms with Crippen LogP contribution in [-0.4, -0.2) is 12.1 Å². The van der Waals surface area contributed by atoms with Gasteiger partial charge < -0.3 is 4.74 Å². The van der Waals surface area contributed by atoms with Crippen molar-refractivity contribution in [2.45, 2.75) is 26.4 Å². The first-order valence-corrected chi connectivity index (χ1v) is 5.47. The summed E-state index contributed by atoms with van der Waals surface area (Å²) in [7, 11) is 0. The van der Waals surface area contributed by atoms with Crippen molar-refractivity contribution in [3.8, 4) is 0 Å². The second-order valence-corrected chi connectivity index (χ2v) is 3.98. The van der Waals surface area contributed by atoms with Gasteiger partial charge in [0.05, 0.1) is 0 Å². The third-order valence-electron chi connectivity index (χ3n) is 2.50. The van der Waals surface area contributed by atoms with Crippen molar-refractivity contribution in [2.75, 3.05) is 0 Å². The van der Waals surface area contributed by atoms with Gasteiger partial charge in [-0.25, -0.2) is 0 Å². The SMILES string of the molecule is C=C[C@@H](OC(C)=O)[C@H](C)Cc1ccccc1. The van der Waals surface area contributed by atoms with E-state index in [1.54, 1.807) is 6.08 Å². The van der Waals surface area contributed by atoms with Gasteiger partial charge in [-0.3, -0.25) is 4.79 Å². The Bertz CT molecular complexity index is 343. The minimum absolute atomic E-state index is 0.210. The average Bonchev–Trinajstić information content (AvgIpc) is 2.26. The zero-order valence-corrected chi connectivity index (χ0v) is 9.85. The molecule has 2 nitrogen and oxygen atoms in total. The molecule has 0 radical (unpaired) electrons. The summed E-state index contributed by atoms with van der Waals surface area (Å²) < 4.78 is 5.18. The van der Waals surface area contributed by atoms with E-state index < -0.39 is 0 Å². The van der Waals surface area contributed by atoms with Crippen LogP contribution in [0.3, 0.4) is 0 Å². The molecule has 0 fully saturated rings. The molecule has 0 heterocycles. The van der Waals surface area contributed by atoms with Gasteiger partial charge in [0.25, 0.3) is 0 Å². The van der Waals surface area contributed by atoms with Gasteiger partial charge in [0.1, 0.15) is 6.10 Å². The van der Waals surface area contributed by atoms with Crippen LogP contribution in [0.2, 0.25) is 0 Å². The second-order valence-electron chi connectivity index (χ2n) is 3.98. The first-order chi connectivity index (χ1) is 7.63. The topological polar surface area (TPSA) is 26.3 Å². The summed E-state index contributed by atoms with van der Waals surface area (Å²) in [6.45, 7) is 7.18. The number of esters is 1. The molecule has 0 spiro atoms.